The van der Waals surface area contributed by atoms with E-state index < -0.39 is 95.3 Å². The van der Waals surface area contributed by atoms with Crippen LogP contribution in [-0.4, -0.2) is 155 Å². The maximum atomic E-state index is 14.1. The van der Waals surface area contributed by atoms with Crippen LogP contribution in [0.2, 0.25) is 0 Å². The van der Waals surface area contributed by atoms with Crippen molar-refractivity contribution in [3.05, 3.63) is 36.2 Å². The van der Waals surface area contributed by atoms with Crippen LogP contribution in [0.15, 0.2) is 34.8 Å². The number of nitrogens with one attached hydrogen (secondary N) is 4. The highest BCUT2D eigenvalue weighted by atomic mass is 32.2. The van der Waals surface area contributed by atoms with Gasteiger partial charge in [-0.15, -0.1) is 47.0 Å². The predicted octanol–water partition coefficient (Wildman–Crippen LogP) is -0.936. The third kappa shape index (κ3) is 20.2. The number of aromatic nitrogens is 4. The average Bonchev–Trinajstić information content (AvgIpc) is 3.24. The van der Waals surface area contributed by atoms with Crippen molar-refractivity contribution in [1.29, 1.82) is 0 Å². The molecule has 340 valence electrons. The van der Waals surface area contributed by atoms with E-state index in [1.54, 1.807) is 12.5 Å². The van der Waals surface area contributed by atoms with Crippen LogP contribution in [0.1, 0.15) is 60.4 Å². The van der Waals surface area contributed by atoms with Crippen molar-refractivity contribution in [3.8, 4) is 0 Å². The van der Waals surface area contributed by atoms with E-state index in [2.05, 4.69) is 41.2 Å². The van der Waals surface area contributed by atoms with Crippen molar-refractivity contribution in [1.82, 2.24) is 41.2 Å². The molecule has 0 spiro atoms. The van der Waals surface area contributed by atoms with Gasteiger partial charge >= 0.3 is 23.9 Å². The minimum absolute atomic E-state index is 0.212. The third-order valence-corrected chi connectivity index (χ3v) is 12.2. The summed E-state index contributed by atoms with van der Waals surface area (Å²) in [6.07, 6.45) is 7.67. The van der Waals surface area contributed by atoms with Gasteiger partial charge in [-0.05, 0) is 25.4 Å². The lowest BCUT2D eigenvalue weighted by Gasteiger charge is -2.23. The monoisotopic (exact) mass is 944 g/mol. The first-order valence-corrected chi connectivity index (χ1v) is 22.9. The molecule has 2 unspecified atom stereocenters. The van der Waals surface area contributed by atoms with Gasteiger partial charge in [0.1, 0.15) is 53.1 Å². The maximum absolute atomic E-state index is 14.1. The Bertz CT molecular complexity index is 1750. The number of carboxylic acids is 4. The number of amides is 4. The summed E-state index contributed by atoms with van der Waals surface area (Å²) in [5.74, 6) is -9.40. The zero-order valence-corrected chi connectivity index (χ0v) is 36.7. The predicted molar refractivity (Wildman–Crippen MR) is 227 cm³/mol. The van der Waals surface area contributed by atoms with Crippen LogP contribution < -0.4 is 32.7 Å². The Morgan fingerprint density at radius 2 is 0.968 bits per heavy atom. The number of Topliss-reactive ketones (excluding diaryl/α,β-unsaturated/α-hetero) is 1. The topological polar surface area (TPSA) is 386 Å². The highest BCUT2D eigenvalue weighted by Gasteiger charge is 2.30. The van der Waals surface area contributed by atoms with E-state index >= 15 is 0 Å². The van der Waals surface area contributed by atoms with Gasteiger partial charge in [0.2, 0.25) is 23.6 Å². The van der Waals surface area contributed by atoms with Crippen molar-refractivity contribution < 1.29 is 63.6 Å². The van der Waals surface area contributed by atoms with Crippen LogP contribution >= 0.6 is 47.0 Å². The lowest BCUT2D eigenvalue weighted by molar-refractivity contribution is -0.140. The first-order valence-electron chi connectivity index (χ1n) is 18.3. The molecular weight excluding hydrogens is 897 g/mol. The molecule has 2 rings (SSSR count). The molecule has 0 aromatic carbocycles. The van der Waals surface area contributed by atoms with Crippen LogP contribution in [0.25, 0.3) is 0 Å². The van der Waals surface area contributed by atoms with Crippen molar-refractivity contribution in [3.63, 3.8) is 0 Å². The van der Waals surface area contributed by atoms with Crippen LogP contribution in [0.5, 0.6) is 0 Å². The van der Waals surface area contributed by atoms with E-state index in [1.165, 1.54) is 48.3 Å². The highest BCUT2D eigenvalue weighted by molar-refractivity contribution is 8.00. The fraction of sp³-hybridized carbons (Fsp3) is 0.514. The molecule has 0 aliphatic heterocycles. The lowest BCUT2D eigenvalue weighted by atomic mass is 10.1. The minimum atomic E-state index is -1.36. The number of nitrogens with two attached hydrogens (primary N) is 2. The molecule has 0 aliphatic rings. The van der Waals surface area contributed by atoms with Crippen molar-refractivity contribution in [2.75, 3.05) is 37.1 Å². The molecule has 62 heavy (non-hydrogen) atoms. The first-order chi connectivity index (χ1) is 29.3. The molecule has 0 saturated carbocycles. The number of aliphatic carboxylic acids is 4. The van der Waals surface area contributed by atoms with Crippen LogP contribution in [0, 0.1) is 0 Å². The third-order valence-electron chi connectivity index (χ3n) is 8.26. The van der Waals surface area contributed by atoms with Gasteiger partial charge in [0, 0.05) is 37.2 Å². The standard InChI is InChI=1S/C35H48N10O13S4/c1-59-28-11-38-20(9-40-28)24(61-15-22(32(53)42-13-30(49)50)44-26(47)5-3-18(36)34(55)56)7-17(46)8-25(21-10-41-29(60-2)12-39-21)62-16-23(33(54)43-14-31(51)52)45-27(48)6-4-19(37)35(57)58/h9-12,18-19,22-25H,3-8,13-16,36-37H2,1-2H3,(H,42,53)(H,43,54)(H,44,47)(H,45,48)(H,49,50)(H,51,52)(H,55,56)(H,57,58)/t18-,19+,22-,23-,24?,25?/m0/s1. The molecule has 4 amide bonds. The Labute approximate surface area is 371 Å². The second kappa shape index (κ2) is 27.8. The quantitative estimate of drug-likeness (QED) is 0.0423. The second-order valence-corrected chi connectivity index (χ2v) is 17.1. The number of hydrogen-bond donors (Lipinski definition) is 10. The number of hydrogen-bond acceptors (Lipinski definition) is 19. The van der Waals surface area contributed by atoms with Gasteiger partial charge in [0.05, 0.1) is 46.7 Å². The van der Waals surface area contributed by atoms with Gasteiger partial charge in [0.25, 0.3) is 0 Å². The van der Waals surface area contributed by atoms with Gasteiger partial charge in [0.15, 0.2) is 0 Å². The fourth-order valence-corrected chi connectivity index (χ4v) is 8.05. The zero-order chi connectivity index (χ0) is 46.4. The summed E-state index contributed by atoms with van der Waals surface area (Å²) in [5.41, 5.74) is 11.7. The molecule has 0 saturated heterocycles. The Kier molecular flexibility index (Phi) is 23.8. The molecule has 23 nitrogen and oxygen atoms in total. The van der Waals surface area contributed by atoms with Gasteiger partial charge in [-0.1, -0.05) is 0 Å². The molecule has 2 heterocycles. The Balaban J connectivity index is 2.41. The molecule has 0 radical (unpaired) electrons. The SMILES string of the molecule is CSc1cnc(C(CC(=O)CC(SC[C@H](NC(=O)CC[C@H](N)C(=O)O)C(=O)NCC(=O)O)c2cnc(SC)cn2)SC[C@H](NC(=O)CC[C@@H](N)C(=O)O)C(=O)NCC(=O)O)cn1. The molecule has 12 N–H and O–H groups in total. The fourth-order valence-electron chi connectivity index (χ4n) is 4.91. The van der Waals surface area contributed by atoms with Crippen molar-refractivity contribution in [2.45, 2.75) is 83.2 Å². The largest absolute Gasteiger partial charge is 0.480 e. The Morgan fingerprint density at radius 3 is 1.26 bits per heavy atom. The van der Waals surface area contributed by atoms with Crippen LogP contribution in [0.4, 0.5) is 0 Å². The van der Waals surface area contributed by atoms with Gasteiger partial charge < -0.3 is 53.2 Å². The van der Waals surface area contributed by atoms with Crippen LogP contribution in [-0.2, 0) is 43.2 Å². The summed E-state index contributed by atoms with van der Waals surface area (Å²) in [6, 6.07) is -5.40. The molecule has 0 bridgehead atoms. The summed E-state index contributed by atoms with van der Waals surface area (Å²) in [4.78, 5) is 128. The van der Waals surface area contributed by atoms with E-state index in [-0.39, 0.29) is 55.8 Å². The molecule has 0 aliphatic carbocycles. The number of thioether (sulfide) groups is 4. The molecule has 6 atom stereocenters. The molecular formula is C35H48N10O13S4. The molecule has 0 fully saturated rings. The van der Waals surface area contributed by atoms with Gasteiger partial charge in [-0.2, -0.15) is 0 Å². The second-order valence-electron chi connectivity index (χ2n) is 13.0. The summed E-state index contributed by atoms with van der Waals surface area (Å²) < 4.78 is 0. The number of rotatable bonds is 30. The van der Waals surface area contributed by atoms with E-state index in [1.807, 2.05) is 0 Å². The van der Waals surface area contributed by atoms with E-state index in [0.29, 0.717) is 21.4 Å². The average molecular weight is 945 g/mol. The van der Waals surface area contributed by atoms with Gasteiger partial charge in [-0.3, -0.25) is 53.1 Å². The maximum Gasteiger partial charge on any atom is 0.322 e. The van der Waals surface area contributed by atoms with E-state index in [4.69, 9.17) is 31.9 Å². The number of nitrogens with zero attached hydrogens (tertiary/aromatic N) is 4. The summed E-state index contributed by atoms with van der Waals surface area (Å²) in [7, 11) is 0. The molecule has 2 aromatic rings. The van der Waals surface area contributed by atoms with E-state index in [0.717, 1.165) is 23.5 Å². The number of carbonyl (C=O) groups is 9. The summed E-state index contributed by atoms with van der Waals surface area (Å²) in [6.45, 7) is -1.54. The van der Waals surface area contributed by atoms with Crippen molar-refractivity contribution in [2.24, 2.45) is 11.5 Å². The summed E-state index contributed by atoms with van der Waals surface area (Å²) in [5, 5.41) is 45.3. The van der Waals surface area contributed by atoms with Gasteiger partial charge in [-0.25, -0.2) is 9.97 Å². The first kappa shape index (κ1) is 53.0. The highest BCUT2D eigenvalue weighted by Crippen LogP contribution is 2.37. The zero-order valence-electron chi connectivity index (χ0n) is 33.4. The number of ketones is 1. The number of carboxylic acid groups (broad SMARTS) is 4. The minimum Gasteiger partial charge on any atom is -0.480 e. The lowest BCUT2D eigenvalue weighted by Crippen LogP contribution is -2.49. The molecule has 27 heteroatoms. The Morgan fingerprint density at radius 1 is 0.597 bits per heavy atom. The van der Waals surface area contributed by atoms with Crippen LogP contribution in [0.3, 0.4) is 0 Å². The normalized spacial score (nSPS) is 13.9. The Hall–Kier alpha value is -5.09. The molecule has 2 aromatic heterocycles. The van der Waals surface area contributed by atoms with E-state index in [9.17, 15) is 43.2 Å². The smallest absolute Gasteiger partial charge is 0.322 e. The summed E-state index contributed by atoms with van der Waals surface area (Å²) >= 11 is 4.67. The number of carbonyl (C=O) groups excluding carboxylic acids is 5. The van der Waals surface area contributed by atoms with Crippen molar-refractivity contribution >= 4 is 100 Å².